The fraction of sp³-hybridized carbons (Fsp3) is 1.00. The highest BCUT2D eigenvalue weighted by molar-refractivity contribution is 5.11. The van der Waals surface area contributed by atoms with Crippen molar-refractivity contribution in [3.63, 3.8) is 0 Å². The van der Waals surface area contributed by atoms with Crippen LogP contribution >= 0.6 is 0 Å². The van der Waals surface area contributed by atoms with Crippen LogP contribution in [-0.4, -0.2) is 35.9 Å². The lowest BCUT2D eigenvalue weighted by Gasteiger charge is -2.33. The molecule has 0 aromatic carbocycles. The van der Waals surface area contributed by atoms with E-state index in [9.17, 15) is 52.7 Å². The third-order valence-electron chi connectivity index (χ3n) is 2.17. The van der Waals surface area contributed by atoms with Crippen LogP contribution in [0.5, 0.6) is 0 Å². The zero-order chi connectivity index (χ0) is 15.7. The summed E-state index contributed by atoms with van der Waals surface area (Å²) in [4.78, 5) is 0. The topological polar surface area (TPSA) is 9.23 Å². The molecule has 0 bridgehead atoms. The summed E-state index contributed by atoms with van der Waals surface area (Å²) in [5, 5.41) is 0. The molecular weight excluding hydrogens is 316 g/mol. The molecule has 1 nitrogen and oxygen atoms in total. The minimum atomic E-state index is -7.49. The Labute approximate surface area is 94.7 Å². The van der Waals surface area contributed by atoms with Crippen molar-refractivity contribution in [2.75, 3.05) is 0 Å². The van der Waals surface area contributed by atoms with E-state index in [1.165, 1.54) is 0 Å². The van der Waals surface area contributed by atoms with Crippen LogP contribution in [0.3, 0.4) is 0 Å². The Hall–Kier alpha value is -0.880. The van der Waals surface area contributed by atoms with Crippen molar-refractivity contribution in [2.24, 2.45) is 0 Å². The monoisotopic (exact) mass is 316 g/mol. The predicted molar refractivity (Wildman–Crippen MR) is 30.8 cm³/mol. The molecule has 1 saturated heterocycles. The molecule has 0 N–H and O–H groups in total. The van der Waals surface area contributed by atoms with E-state index >= 15 is 0 Å². The Bertz CT molecular complexity index is 348. The molecule has 0 amide bonds. The van der Waals surface area contributed by atoms with Crippen LogP contribution in [0.25, 0.3) is 0 Å². The molecule has 1 fully saturated rings. The lowest BCUT2D eigenvalue weighted by Crippen LogP contribution is -2.66. The average molecular weight is 316 g/mol. The van der Waals surface area contributed by atoms with Crippen LogP contribution in [-0.2, 0) is 4.74 Å². The summed E-state index contributed by atoms with van der Waals surface area (Å²) in [7, 11) is 0. The number of ether oxygens (including phenoxy) is 1. The molecule has 1 aliphatic heterocycles. The SMILES string of the molecule is FC1(F)OC(F)(F)C(F)(F)C(F)(F)C(F)(F)C1(F)F. The van der Waals surface area contributed by atoms with Gasteiger partial charge >= 0.3 is 35.9 Å². The third-order valence-corrected chi connectivity index (χ3v) is 2.17. The second-order valence-electron chi connectivity index (χ2n) is 3.43. The highest BCUT2D eigenvalue weighted by Crippen LogP contribution is 2.64. The minimum Gasteiger partial charge on any atom is -0.245 e. The van der Waals surface area contributed by atoms with E-state index in [-0.39, 0.29) is 0 Å². The Kier molecular flexibility index (Phi) is 2.90. The maximum absolute atomic E-state index is 12.5. The quantitative estimate of drug-likeness (QED) is 0.619. The Morgan fingerprint density at radius 1 is 0.368 bits per heavy atom. The fourth-order valence-electron chi connectivity index (χ4n) is 1.05. The minimum absolute atomic E-state index is 1.56. The number of alkyl halides is 12. The van der Waals surface area contributed by atoms with E-state index in [1.54, 1.807) is 4.74 Å². The van der Waals surface area contributed by atoms with E-state index < -0.39 is 35.9 Å². The normalized spacial score (nSPS) is 33.5. The summed E-state index contributed by atoms with van der Waals surface area (Å²) in [6, 6.07) is 0. The van der Waals surface area contributed by atoms with Gasteiger partial charge in [-0.3, -0.25) is 0 Å². The average Bonchev–Trinajstić information content (AvgIpc) is 2.14. The van der Waals surface area contributed by atoms with Crippen LogP contribution in [0.2, 0.25) is 0 Å². The molecule has 114 valence electrons. The van der Waals surface area contributed by atoms with Crippen LogP contribution < -0.4 is 0 Å². The van der Waals surface area contributed by atoms with Crippen molar-refractivity contribution >= 4 is 0 Å². The zero-order valence-electron chi connectivity index (χ0n) is 7.94. The van der Waals surface area contributed by atoms with Gasteiger partial charge in [0.05, 0.1) is 0 Å². The van der Waals surface area contributed by atoms with E-state index in [4.69, 9.17) is 0 Å². The van der Waals surface area contributed by atoms with Gasteiger partial charge in [-0.05, 0) is 0 Å². The second kappa shape index (κ2) is 3.41. The van der Waals surface area contributed by atoms with Crippen molar-refractivity contribution < 1.29 is 57.4 Å². The number of rotatable bonds is 0. The van der Waals surface area contributed by atoms with Gasteiger partial charge in [0.1, 0.15) is 0 Å². The molecule has 13 heteroatoms. The summed E-state index contributed by atoms with van der Waals surface area (Å²) < 4.78 is 150. The maximum Gasteiger partial charge on any atom is 0.430 e. The lowest BCUT2D eigenvalue weighted by atomic mass is 9.99. The number of hydrogen-bond acceptors (Lipinski definition) is 1. The van der Waals surface area contributed by atoms with Gasteiger partial charge in [0, 0.05) is 0 Å². The molecule has 1 heterocycles. The van der Waals surface area contributed by atoms with Gasteiger partial charge in [-0.25, -0.2) is 4.74 Å². The molecule has 0 radical (unpaired) electrons. The smallest absolute Gasteiger partial charge is 0.245 e. The summed E-state index contributed by atoms with van der Waals surface area (Å²) >= 11 is 0. The molecule has 0 aliphatic carbocycles. The van der Waals surface area contributed by atoms with Crippen LogP contribution in [0.15, 0.2) is 0 Å². The molecule has 19 heavy (non-hydrogen) atoms. The molecule has 0 saturated carbocycles. The zero-order valence-corrected chi connectivity index (χ0v) is 7.94. The van der Waals surface area contributed by atoms with Crippen LogP contribution in [0.1, 0.15) is 0 Å². The third kappa shape index (κ3) is 1.56. The summed E-state index contributed by atoms with van der Waals surface area (Å²) in [5.74, 6) is -29.6. The van der Waals surface area contributed by atoms with E-state index in [2.05, 4.69) is 0 Å². The fourth-order valence-corrected chi connectivity index (χ4v) is 1.05. The summed E-state index contributed by atoms with van der Waals surface area (Å²) in [6.45, 7) is 0. The predicted octanol–water partition coefficient (Wildman–Crippen LogP) is 3.74. The maximum atomic E-state index is 12.5. The lowest BCUT2D eigenvalue weighted by molar-refractivity contribution is -0.463. The standard InChI is InChI=1S/C6F12O/c7-1(8)2(9,10)4(13,14)6(17,18)19-5(15,16)3(1,11)12. The van der Waals surface area contributed by atoms with Crippen LogP contribution in [0.4, 0.5) is 52.7 Å². The first-order valence-electron chi connectivity index (χ1n) is 3.93. The molecule has 0 aromatic rings. The molecule has 0 spiro atoms. The van der Waals surface area contributed by atoms with E-state index in [1.807, 2.05) is 0 Å². The molecular formula is C6F12O. The van der Waals surface area contributed by atoms with Gasteiger partial charge in [-0.1, -0.05) is 0 Å². The van der Waals surface area contributed by atoms with Gasteiger partial charge in [0.15, 0.2) is 0 Å². The number of halogens is 12. The first-order valence-corrected chi connectivity index (χ1v) is 3.93. The van der Waals surface area contributed by atoms with Crippen molar-refractivity contribution in [2.45, 2.75) is 35.9 Å². The Morgan fingerprint density at radius 2 is 0.579 bits per heavy atom. The largest absolute Gasteiger partial charge is 0.430 e. The summed E-state index contributed by atoms with van der Waals surface area (Å²) in [5.41, 5.74) is 0. The van der Waals surface area contributed by atoms with E-state index in [0.717, 1.165) is 0 Å². The Morgan fingerprint density at radius 3 is 0.789 bits per heavy atom. The van der Waals surface area contributed by atoms with Crippen LogP contribution in [0, 0.1) is 0 Å². The van der Waals surface area contributed by atoms with Crippen molar-refractivity contribution in [1.29, 1.82) is 0 Å². The van der Waals surface area contributed by atoms with Crippen molar-refractivity contribution in [1.82, 2.24) is 0 Å². The molecule has 1 rings (SSSR count). The summed E-state index contributed by atoms with van der Waals surface area (Å²) in [6.07, 6.45) is -13.9. The van der Waals surface area contributed by atoms with Gasteiger partial charge in [0.25, 0.3) is 0 Å². The molecule has 0 aromatic heterocycles. The molecule has 1 aliphatic rings. The van der Waals surface area contributed by atoms with Crippen molar-refractivity contribution in [3.8, 4) is 0 Å². The highest BCUT2D eigenvalue weighted by atomic mass is 19.4. The Balaban J connectivity index is 3.70. The number of hydrogen-bond donors (Lipinski definition) is 0. The van der Waals surface area contributed by atoms with Gasteiger partial charge in [-0.2, -0.15) is 52.7 Å². The van der Waals surface area contributed by atoms with Crippen molar-refractivity contribution in [3.05, 3.63) is 0 Å². The first-order chi connectivity index (χ1) is 7.96. The van der Waals surface area contributed by atoms with Gasteiger partial charge < -0.3 is 0 Å². The first kappa shape index (κ1) is 16.2. The second-order valence-corrected chi connectivity index (χ2v) is 3.43. The van der Waals surface area contributed by atoms with Gasteiger partial charge in [-0.15, -0.1) is 0 Å². The van der Waals surface area contributed by atoms with Gasteiger partial charge in [0.2, 0.25) is 0 Å². The molecule has 0 atom stereocenters. The highest BCUT2D eigenvalue weighted by Gasteiger charge is 2.95. The molecule has 0 unspecified atom stereocenters. The van der Waals surface area contributed by atoms with E-state index in [0.29, 0.717) is 0 Å².